The van der Waals surface area contributed by atoms with Gasteiger partial charge in [0.1, 0.15) is 24.0 Å². The topological polar surface area (TPSA) is 62.1 Å². The molecule has 0 aliphatic carbocycles. The number of nitriles is 1. The quantitative estimate of drug-likeness (QED) is 0.522. The number of nitrogens with one attached hydrogen (secondary N) is 1. The first-order chi connectivity index (χ1) is 12.5. The van der Waals surface area contributed by atoms with Gasteiger partial charge in [0, 0.05) is 16.1 Å². The van der Waals surface area contributed by atoms with Gasteiger partial charge >= 0.3 is 0 Å². The van der Waals surface area contributed by atoms with Crippen LogP contribution in [0.15, 0.2) is 58.6 Å². The summed E-state index contributed by atoms with van der Waals surface area (Å²) in [4.78, 5) is 12.2. The van der Waals surface area contributed by atoms with E-state index in [1.807, 2.05) is 68.4 Å². The number of amides is 1. The summed E-state index contributed by atoms with van der Waals surface area (Å²) >= 11 is 3.41. The van der Waals surface area contributed by atoms with Crippen LogP contribution in [0.1, 0.15) is 31.4 Å². The summed E-state index contributed by atoms with van der Waals surface area (Å²) in [6, 6.07) is 17.2. The third-order valence-corrected chi connectivity index (χ3v) is 4.41. The Morgan fingerprint density at radius 2 is 1.96 bits per heavy atom. The minimum atomic E-state index is -0.371. The third-order valence-electron chi connectivity index (χ3n) is 3.88. The molecule has 0 aliphatic heterocycles. The molecule has 0 aliphatic rings. The lowest BCUT2D eigenvalue weighted by Crippen LogP contribution is -2.32. The van der Waals surface area contributed by atoms with Crippen LogP contribution in [0.3, 0.4) is 0 Å². The van der Waals surface area contributed by atoms with Crippen LogP contribution in [0.25, 0.3) is 6.08 Å². The Balaban J connectivity index is 2.17. The SMILES string of the molecule is CC[C@@H](C)NC(=O)/C(C#N)=C/c1ccccc1OCc1ccc(Br)cc1. The van der Waals surface area contributed by atoms with Crippen molar-refractivity contribution in [3.63, 3.8) is 0 Å². The smallest absolute Gasteiger partial charge is 0.262 e. The van der Waals surface area contributed by atoms with E-state index in [2.05, 4.69) is 21.2 Å². The Morgan fingerprint density at radius 1 is 1.27 bits per heavy atom. The second-order valence-corrected chi connectivity index (χ2v) is 6.82. The summed E-state index contributed by atoms with van der Waals surface area (Å²) in [6.45, 7) is 4.28. The van der Waals surface area contributed by atoms with Crippen LogP contribution in [0.4, 0.5) is 0 Å². The van der Waals surface area contributed by atoms with Crippen molar-refractivity contribution < 1.29 is 9.53 Å². The van der Waals surface area contributed by atoms with Gasteiger partial charge in [-0.3, -0.25) is 4.79 Å². The van der Waals surface area contributed by atoms with Crippen LogP contribution in [0, 0.1) is 11.3 Å². The average molecular weight is 413 g/mol. The Kier molecular flexibility index (Phi) is 7.43. The van der Waals surface area contributed by atoms with Gasteiger partial charge in [0.2, 0.25) is 0 Å². The maximum Gasteiger partial charge on any atom is 0.262 e. The number of hydrogen-bond donors (Lipinski definition) is 1. The van der Waals surface area contributed by atoms with Crippen LogP contribution in [0.5, 0.6) is 5.75 Å². The van der Waals surface area contributed by atoms with Gasteiger partial charge in [-0.2, -0.15) is 5.26 Å². The Labute approximate surface area is 162 Å². The number of hydrogen-bond acceptors (Lipinski definition) is 3. The van der Waals surface area contributed by atoms with Crippen LogP contribution in [-0.4, -0.2) is 11.9 Å². The number of nitrogens with zero attached hydrogens (tertiary/aromatic N) is 1. The molecular weight excluding hydrogens is 392 g/mol. The van der Waals surface area contributed by atoms with Gasteiger partial charge in [0.05, 0.1) is 0 Å². The number of ether oxygens (including phenoxy) is 1. The molecule has 134 valence electrons. The zero-order chi connectivity index (χ0) is 18.9. The van der Waals surface area contributed by atoms with E-state index in [4.69, 9.17) is 4.74 Å². The van der Waals surface area contributed by atoms with E-state index in [0.29, 0.717) is 17.9 Å². The summed E-state index contributed by atoms with van der Waals surface area (Å²) in [5.74, 6) is 0.254. The second kappa shape index (κ2) is 9.79. The molecule has 0 unspecified atom stereocenters. The van der Waals surface area contributed by atoms with Crippen molar-refractivity contribution in [3.05, 3.63) is 69.7 Å². The number of rotatable bonds is 7. The van der Waals surface area contributed by atoms with Gasteiger partial charge in [-0.1, -0.05) is 53.2 Å². The average Bonchev–Trinajstić information content (AvgIpc) is 2.66. The van der Waals surface area contributed by atoms with Gasteiger partial charge in [-0.15, -0.1) is 0 Å². The lowest BCUT2D eigenvalue weighted by atomic mass is 10.1. The standard InChI is InChI=1S/C21H21BrN2O2/c1-3-15(2)24-21(25)18(13-23)12-17-6-4-5-7-20(17)26-14-16-8-10-19(22)11-9-16/h4-12,15H,3,14H2,1-2H3,(H,24,25)/b18-12+/t15-/m1/s1. The van der Waals surface area contributed by atoms with E-state index < -0.39 is 0 Å². The van der Waals surface area contributed by atoms with Crippen LogP contribution >= 0.6 is 15.9 Å². The van der Waals surface area contributed by atoms with Crippen molar-refractivity contribution >= 4 is 27.9 Å². The van der Waals surface area contributed by atoms with Gasteiger partial charge in [-0.05, 0) is 43.2 Å². The number of para-hydroxylation sites is 1. The van der Waals surface area contributed by atoms with Crippen molar-refractivity contribution in [1.29, 1.82) is 5.26 Å². The van der Waals surface area contributed by atoms with Gasteiger partial charge in [0.15, 0.2) is 0 Å². The van der Waals surface area contributed by atoms with Crippen LogP contribution in [0.2, 0.25) is 0 Å². The van der Waals surface area contributed by atoms with Crippen LogP contribution < -0.4 is 10.1 Å². The molecule has 5 heteroatoms. The molecule has 1 N–H and O–H groups in total. The molecular formula is C21H21BrN2O2. The first-order valence-electron chi connectivity index (χ1n) is 8.42. The molecule has 4 nitrogen and oxygen atoms in total. The molecule has 0 spiro atoms. The monoisotopic (exact) mass is 412 g/mol. The fraction of sp³-hybridized carbons (Fsp3) is 0.238. The largest absolute Gasteiger partial charge is 0.488 e. The van der Waals surface area contributed by atoms with Gasteiger partial charge in [0.25, 0.3) is 5.91 Å². The first-order valence-corrected chi connectivity index (χ1v) is 9.21. The van der Waals surface area contributed by atoms with E-state index in [1.54, 1.807) is 6.08 Å². The molecule has 0 aromatic heterocycles. The van der Waals surface area contributed by atoms with Gasteiger partial charge < -0.3 is 10.1 Å². The van der Waals surface area contributed by atoms with E-state index in [1.165, 1.54) is 0 Å². The summed E-state index contributed by atoms with van der Waals surface area (Å²) in [7, 11) is 0. The first kappa shape index (κ1) is 19.7. The molecule has 26 heavy (non-hydrogen) atoms. The van der Waals surface area contributed by atoms with E-state index in [0.717, 1.165) is 16.5 Å². The predicted octanol–water partition coefficient (Wildman–Crippen LogP) is 4.85. The summed E-state index contributed by atoms with van der Waals surface area (Å²) in [6.07, 6.45) is 2.37. The highest BCUT2D eigenvalue weighted by molar-refractivity contribution is 9.10. The maximum atomic E-state index is 12.2. The highest BCUT2D eigenvalue weighted by Gasteiger charge is 2.12. The van der Waals surface area contributed by atoms with Crippen LogP contribution in [-0.2, 0) is 11.4 Å². The fourth-order valence-electron chi connectivity index (χ4n) is 2.18. The number of carbonyl (C=O) groups is 1. The minimum absolute atomic E-state index is 0.0168. The van der Waals surface area contributed by atoms with Crippen molar-refractivity contribution in [2.45, 2.75) is 32.9 Å². The summed E-state index contributed by atoms with van der Waals surface area (Å²) in [5, 5.41) is 12.2. The highest BCUT2D eigenvalue weighted by Crippen LogP contribution is 2.22. The zero-order valence-electron chi connectivity index (χ0n) is 14.8. The molecule has 1 atom stereocenters. The molecule has 0 fully saturated rings. The molecule has 2 aromatic carbocycles. The van der Waals surface area contributed by atoms with E-state index >= 15 is 0 Å². The lowest BCUT2D eigenvalue weighted by Gasteiger charge is -2.12. The zero-order valence-corrected chi connectivity index (χ0v) is 16.4. The minimum Gasteiger partial charge on any atom is -0.488 e. The number of carbonyl (C=O) groups excluding carboxylic acids is 1. The Bertz CT molecular complexity index is 823. The highest BCUT2D eigenvalue weighted by atomic mass is 79.9. The molecule has 2 rings (SSSR count). The molecule has 0 saturated heterocycles. The molecule has 0 heterocycles. The van der Waals surface area contributed by atoms with Crippen molar-refractivity contribution in [3.8, 4) is 11.8 Å². The normalized spacial score (nSPS) is 12.2. The number of benzene rings is 2. The van der Waals surface area contributed by atoms with Crippen molar-refractivity contribution in [1.82, 2.24) is 5.32 Å². The Morgan fingerprint density at radius 3 is 2.62 bits per heavy atom. The second-order valence-electron chi connectivity index (χ2n) is 5.91. The van der Waals surface area contributed by atoms with Crippen molar-refractivity contribution in [2.75, 3.05) is 0 Å². The molecule has 0 radical (unpaired) electrons. The Hall–Kier alpha value is -2.58. The lowest BCUT2D eigenvalue weighted by molar-refractivity contribution is -0.117. The van der Waals surface area contributed by atoms with Gasteiger partial charge in [-0.25, -0.2) is 0 Å². The predicted molar refractivity (Wildman–Crippen MR) is 106 cm³/mol. The van der Waals surface area contributed by atoms with Crippen molar-refractivity contribution in [2.24, 2.45) is 0 Å². The van der Waals surface area contributed by atoms with E-state index in [9.17, 15) is 10.1 Å². The number of halogens is 1. The van der Waals surface area contributed by atoms with E-state index in [-0.39, 0.29) is 17.5 Å². The summed E-state index contributed by atoms with van der Waals surface area (Å²) < 4.78 is 6.90. The molecule has 0 saturated carbocycles. The fourth-order valence-corrected chi connectivity index (χ4v) is 2.44. The maximum absolute atomic E-state index is 12.2. The molecule has 2 aromatic rings. The molecule has 0 bridgehead atoms. The summed E-state index contributed by atoms with van der Waals surface area (Å²) in [5.41, 5.74) is 1.78. The third kappa shape index (κ3) is 5.75. The molecule has 1 amide bonds.